The summed E-state index contributed by atoms with van der Waals surface area (Å²) in [6, 6.07) is 5.94. The van der Waals surface area contributed by atoms with Crippen LogP contribution in [0.5, 0.6) is 0 Å². The third-order valence-corrected chi connectivity index (χ3v) is 2.02. The molecule has 0 spiro atoms. The molecule has 2 aromatic rings. The van der Waals surface area contributed by atoms with Crippen molar-refractivity contribution < 1.29 is 4.42 Å². The summed E-state index contributed by atoms with van der Waals surface area (Å²) < 4.78 is 7.11. The van der Waals surface area contributed by atoms with Gasteiger partial charge >= 0.3 is 0 Å². The quantitative estimate of drug-likeness (QED) is 0.776. The predicted octanol–water partition coefficient (Wildman–Crippen LogP) is 2.13. The number of aryl methyl sites for hydroxylation is 1. The van der Waals surface area contributed by atoms with Gasteiger partial charge in [-0.3, -0.25) is 4.68 Å². The summed E-state index contributed by atoms with van der Waals surface area (Å²) in [5.41, 5.74) is 4.41. The van der Waals surface area contributed by atoms with Crippen LogP contribution in [0.15, 0.2) is 41.3 Å². The Balaban J connectivity index is 1.97. The fraction of sp³-hybridized carbons (Fsp3) is 0.200. The summed E-state index contributed by atoms with van der Waals surface area (Å²) >= 11 is 0. The Bertz CT molecular complexity index is 362. The highest BCUT2D eigenvalue weighted by atomic mass is 16.3. The molecule has 0 atom stereocenters. The van der Waals surface area contributed by atoms with Crippen LogP contribution >= 0.6 is 0 Å². The van der Waals surface area contributed by atoms with Crippen molar-refractivity contribution >= 4 is 0 Å². The maximum absolute atomic E-state index is 5.19. The average Bonchev–Trinajstić information content (AvgIpc) is 2.72. The standard InChI is InChI=1S/C10H12N2O/c1-9-10(4-7-13-9)8-11-12-5-2-3-6-12/h2-7,11H,8H2,1H3. The lowest BCUT2D eigenvalue weighted by molar-refractivity contribution is 0.529. The van der Waals surface area contributed by atoms with Gasteiger partial charge in [-0.2, -0.15) is 0 Å². The Morgan fingerprint density at radius 3 is 2.77 bits per heavy atom. The van der Waals surface area contributed by atoms with Gasteiger partial charge in [0.2, 0.25) is 0 Å². The molecule has 13 heavy (non-hydrogen) atoms. The number of aromatic nitrogens is 1. The summed E-state index contributed by atoms with van der Waals surface area (Å²) in [6.45, 7) is 2.75. The largest absolute Gasteiger partial charge is 0.469 e. The van der Waals surface area contributed by atoms with E-state index in [1.54, 1.807) is 6.26 Å². The number of rotatable bonds is 3. The first kappa shape index (κ1) is 7.98. The SMILES string of the molecule is Cc1occc1CNn1cccc1. The number of nitrogens with one attached hydrogen (secondary N) is 1. The van der Waals surface area contributed by atoms with Crippen LogP contribution in [0.1, 0.15) is 11.3 Å². The van der Waals surface area contributed by atoms with Crippen molar-refractivity contribution in [2.24, 2.45) is 0 Å². The molecule has 2 rings (SSSR count). The van der Waals surface area contributed by atoms with E-state index >= 15 is 0 Å². The lowest BCUT2D eigenvalue weighted by Crippen LogP contribution is -2.11. The molecule has 3 nitrogen and oxygen atoms in total. The summed E-state index contributed by atoms with van der Waals surface area (Å²) in [5, 5.41) is 0. The number of furan rings is 1. The number of nitrogens with zero attached hydrogens (tertiary/aromatic N) is 1. The van der Waals surface area contributed by atoms with Crippen LogP contribution in [0.25, 0.3) is 0 Å². The lowest BCUT2D eigenvalue weighted by Gasteiger charge is -2.05. The van der Waals surface area contributed by atoms with Crippen molar-refractivity contribution in [2.75, 3.05) is 5.43 Å². The summed E-state index contributed by atoms with van der Waals surface area (Å²) in [5.74, 6) is 0.972. The van der Waals surface area contributed by atoms with Crippen LogP contribution in [0.4, 0.5) is 0 Å². The van der Waals surface area contributed by atoms with E-state index in [1.165, 1.54) is 5.56 Å². The molecule has 1 N–H and O–H groups in total. The molecule has 68 valence electrons. The molecule has 0 bridgehead atoms. The summed E-state index contributed by atoms with van der Waals surface area (Å²) in [7, 11) is 0. The molecule has 0 saturated carbocycles. The van der Waals surface area contributed by atoms with E-state index in [-0.39, 0.29) is 0 Å². The molecule has 0 amide bonds. The Morgan fingerprint density at radius 1 is 1.38 bits per heavy atom. The minimum absolute atomic E-state index is 0.789. The molecule has 0 fully saturated rings. The third-order valence-electron chi connectivity index (χ3n) is 2.02. The van der Waals surface area contributed by atoms with Crippen LogP contribution in [-0.2, 0) is 6.54 Å². The molecule has 2 aromatic heterocycles. The molecule has 3 heteroatoms. The van der Waals surface area contributed by atoms with Crippen LogP contribution in [0, 0.1) is 6.92 Å². The van der Waals surface area contributed by atoms with E-state index in [1.807, 2.05) is 42.2 Å². The van der Waals surface area contributed by atoms with Gasteiger partial charge < -0.3 is 9.84 Å². The molecule has 2 heterocycles. The zero-order valence-corrected chi connectivity index (χ0v) is 7.53. The Hall–Kier alpha value is -1.64. The number of hydrogen-bond donors (Lipinski definition) is 1. The smallest absolute Gasteiger partial charge is 0.105 e. The van der Waals surface area contributed by atoms with E-state index in [4.69, 9.17) is 4.42 Å². The van der Waals surface area contributed by atoms with E-state index in [0.717, 1.165) is 12.3 Å². The molecule has 0 unspecified atom stereocenters. The van der Waals surface area contributed by atoms with Crippen molar-refractivity contribution in [1.29, 1.82) is 0 Å². The van der Waals surface area contributed by atoms with Crippen molar-refractivity contribution in [3.8, 4) is 0 Å². The summed E-state index contributed by atoms with van der Waals surface area (Å²) in [6.07, 6.45) is 5.65. The topological polar surface area (TPSA) is 30.1 Å². The molecular formula is C10H12N2O. The Labute approximate surface area is 77.0 Å². The van der Waals surface area contributed by atoms with Gasteiger partial charge in [0.05, 0.1) is 12.8 Å². The third kappa shape index (κ3) is 1.75. The van der Waals surface area contributed by atoms with Gasteiger partial charge in [-0.25, -0.2) is 0 Å². The maximum Gasteiger partial charge on any atom is 0.105 e. The minimum atomic E-state index is 0.789. The second kappa shape index (κ2) is 3.39. The van der Waals surface area contributed by atoms with Gasteiger partial charge in [0.1, 0.15) is 5.76 Å². The molecule has 0 aliphatic heterocycles. The zero-order chi connectivity index (χ0) is 9.10. The van der Waals surface area contributed by atoms with E-state index in [9.17, 15) is 0 Å². The zero-order valence-electron chi connectivity index (χ0n) is 7.53. The van der Waals surface area contributed by atoms with Gasteiger partial charge in [0.25, 0.3) is 0 Å². The number of hydrogen-bond acceptors (Lipinski definition) is 2. The first-order valence-corrected chi connectivity index (χ1v) is 4.26. The van der Waals surface area contributed by atoms with Crippen LogP contribution in [0.3, 0.4) is 0 Å². The molecule has 0 saturated heterocycles. The van der Waals surface area contributed by atoms with Crippen molar-refractivity contribution in [1.82, 2.24) is 4.68 Å². The minimum Gasteiger partial charge on any atom is -0.469 e. The summed E-state index contributed by atoms with van der Waals surface area (Å²) in [4.78, 5) is 0. The highest BCUT2D eigenvalue weighted by molar-refractivity contribution is 5.16. The van der Waals surface area contributed by atoms with Gasteiger partial charge in [-0.05, 0) is 25.1 Å². The van der Waals surface area contributed by atoms with Crippen molar-refractivity contribution in [2.45, 2.75) is 13.5 Å². The van der Waals surface area contributed by atoms with Crippen LogP contribution in [0.2, 0.25) is 0 Å². The van der Waals surface area contributed by atoms with E-state index < -0.39 is 0 Å². The molecule has 0 aliphatic carbocycles. The second-order valence-corrected chi connectivity index (χ2v) is 2.93. The maximum atomic E-state index is 5.19. The molecule has 0 aliphatic rings. The van der Waals surface area contributed by atoms with Gasteiger partial charge in [-0.15, -0.1) is 0 Å². The van der Waals surface area contributed by atoms with E-state index in [0.29, 0.717) is 0 Å². The average molecular weight is 176 g/mol. The first-order chi connectivity index (χ1) is 6.36. The molecular weight excluding hydrogens is 164 g/mol. The molecule has 0 radical (unpaired) electrons. The fourth-order valence-electron chi connectivity index (χ4n) is 1.21. The van der Waals surface area contributed by atoms with Gasteiger partial charge in [0, 0.05) is 18.0 Å². The Kier molecular flexibility index (Phi) is 2.08. The predicted molar refractivity (Wildman–Crippen MR) is 50.9 cm³/mol. The lowest BCUT2D eigenvalue weighted by atomic mass is 10.3. The fourth-order valence-corrected chi connectivity index (χ4v) is 1.21. The molecule has 0 aromatic carbocycles. The van der Waals surface area contributed by atoms with Gasteiger partial charge in [-0.1, -0.05) is 0 Å². The van der Waals surface area contributed by atoms with Crippen LogP contribution < -0.4 is 5.43 Å². The highest BCUT2D eigenvalue weighted by Crippen LogP contribution is 2.08. The normalized spacial score (nSPS) is 10.2. The van der Waals surface area contributed by atoms with E-state index in [2.05, 4.69) is 5.43 Å². The highest BCUT2D eigenvalue weighted by Gasteiger charge is 1.99. The second-order valence-electron chi connectivity index (χ2n) is 2.93. The van der Waals surface area contributed by atoms with Crippen LogP contribution in [-0.4, -0.2) is 4.68 Å². The van der Waals surface area contributed by atoms with Crippen molar-refractivity contribution in [3.05, 3.63) is 48.2 Å². The first-order valence-electron chi connectivity index (χ1n) is 4.26. The monoisotopic (exact) mass is 176 g/mol. The van der Waals surface area contributed by atoms with Crippen molar-refractivity contribution in [3.63, 3.8) is 0 Å². The van der Waals surface area contributed by atoms with Gasteiger partial charge in [0.15, 0.2) is 0 Å². The Morgan fingerprint density at radius 2 is 2.15 bits per heavy atom.